The minimum Gasteiger partial charge on any atom is -0.494 e. The molecule has 0 saturated carbocycles. The van der Waals surface area contributed by atoms with Crippen LogP contribution >= 0.6 is 11.6 Å². The van der Waals surface area contributed by atoms with Gasteiger partial charge in [-0.1, -0.05) is 36.7 Å². The minimum atomic E-state index is -3.65. The van der Waals surface area contributed by atoms with Gasteiger partial charge >= 0.3 is 0 Å². The predicted octanol–water partition coefficient (Wildman–Crippen LogP) is 4.52. The van der Waals surface area contributed by atoms with Crippen LogP contribution in [0.15, 0.2) is 47.4 Å². The van der Waals surface area contributed by atoms with E-state index < -0.39 is 10.0 Å². The summed E-state index contributed by atoms with van der Waals surface area (Å²) in [4.78, 5) is 12.8. The van der Waals surface area contributed by atoms with Gasteiger partial charge in [-0.15, -0.1) is 0 Å². The molecule has 0 aromatic heterocycles. The van der Waals surface area contributed by atoms with Gasteiger partial charge in [0.2, 0.25) is 10.0 Å². The fraction of sp³-hybridized carbons (Fsp3) is 0.458. The summed E-state index contributed by atoms with van der Waals surface area (Å²) in [5.74, 6) is 1.00. The lowest BCUT2D eigenvalue weighted by molar-refractivity contribution is 0.0953. The lowest BCUT2D eigenvalue weighted by Crippen LogP contribution is -2.38. The third-order valence-electron chi connectivity index (χ3n) is 5.74. The molecule has 0 aliphatic carbocycles. The summed E-state index contributed by atoms with van der Waals surface area (Å²) in [5.41, 5.74) is 1.26. The summed E-state index contributed by atoms with van der Waals surface area (Å²) < 4.78 is 33.2. The van der Waals surface area contributed by atoms with Gasteiger partial charge in [-0.3, -0.25) is 4.79 Å². The minimum absolute atomic E-state index is 0.104. The molecule has 174 valence electrons. The zero-order chi connectivity index (χ0) is 23.1. The second-order valence-corrected chi connectivity index (χ2v) is 10.5. The summed E-state index contributed by atoms with van der Waals surface area (Å²) in [6, 6.07) is 12.2. The van der Waals surface area contributed by atoms with Gasteiger partial charge in [-0.05, 0) is 68.4 Å². The molecule has 0 bridgehead atoms. The number of para-hydroxylation sites is 1. The molecule has 0 spiro atoms. The zero-order valence-electron chi connectivity index (χ0n) is 18.6. The number of piperidine rings is 1. The first-order chi connectivity index (χ1) is 15.3. The average molecular weight is 479 g/mol. The van der Waals surface area contributed by atoms with Crippen LogP contribution < -0.4 is 10.1 Å². The Hall–Kier alpha value is -2.09. The molecule has 6 nitrogen and oxygen atoms in total. The van der Waals surface area contributed by atoms with Crippen molar-refractivity contribution in [2.24, 2.45) is 5.92 Å². The number of nitrogens with zero attached hydrogens (tertiary/aromatic N) is 1. The second-order valence-electron chi connectivity index (χ2n) is 8.13. The van der Waals surface area contributed by atoms with E-state index in [2.05, 4.69) is 12.2 Å². The third-order valence-corrected chi connectivity index (χ3v) is 7.97. The lowest BCUT2D eigenvalue weighted by atomic mass is 10.0. The maximum Gasteiger partial charge on any atom is 0.252 e. The van der Waals surface area contributed by atoms with Crippen molar-refractivity contribution in [2.45, 2.75) is 44.4 Å². The largest absolute Gasteiger partial charge is 0.494 e. The van der Waals surface area contributed by atoms with E-state index in [-0.39, 0.29) is 21.4 Å². The molecule has 1 amide bonds. The first-order valence-electron chi connectivity index (χ1n) is 11.1. The van der Waals surface area contributed by atoms with Crippen molar-refractivity contribution in [1.29, 1.82) is 0 Å². The Morgan fingerprint density at radius 1 is 1.19 bits per heavy atom. The number of carbonyl (C=O) groups excluding carboxylic acids is 1. The highest BCUT2D eigenvalue weighted by Gasteiger charge is 2.29. The summed E-state index contributed by atoms with van der Waals surface area (Å²) in [6.45, 7) is 6.11. The number of amides is 1. The molecule has 1 N–H and O–H groups in total. The molecule has 1 saturated heterocycles. The first-order valence-corrected chi connectivity index (χ1v) is 12.9. The van der Waals surface area contributed by atoms with E-state index in [1.807, 2.05) is 31.2 Å². The van der Waals surface area contributed by atoms with E-state index in [0.29, 0.717) is 32.2 Å². The molecular weight excluding hydrogens is 448 g/mol. The number of aryl methyl sites for hydroxylation is 1. The molecule has 1 aliphatic rings. The normalized spacial score (nSPS) is 15.5. The van der Waals surface area contributed by atoms with E-state index in [1.165, 1.54) is 22.5 Å². The maximum absolute atomic E-state index is 13.0. The Morgan fingerprint density at radius 2 is 1.91 bits per heavy atom. The van der Waals surface area contributed by atoms with E-state index >= 15 is 0 Å². The fourth-order valence-electron chi connectivity index (χ4n) is 3.80. The Labute approximate surface area is 196 Å². The summed E-state index contributed by atoms with van der Waals surface area (Å²) >= 11 is 6.22. The van der Waals surface area contributed by atoms with E-state index in [1.54, 1.807) is 0 Å². The predicted molar refractivity (Wildman–Crippen MR) is 127 cm³/mol. The first kappa shape index (κ1) is 24.6. The molecule has 32 heavy (non-hydrogen) atoms. The van der Waals surface area contributed by atoms with E-state index in [9.17, 15) is 13.2 Å². The molecule has 0 radical (unpaired) electrons. The quantitative estimate of drug-likeness (QED) is 0.537. The Morgan fingerprint density at radius 3 is 2.62 bits per heavy atom. The molecule has 0 unspecified atom stereocenters. The van der Waals surface area contributed by atoms with Crippen LogP contribution in [0.1, 0.15) is 49.0 Å². The summed E-state index contributed by atoms with van der Waals surface area (Å²) in [6.07, 6.45) is 3.16. The molecule has 1 heterocycles. The van der Waals surface area contributed by atoms with Crippen molar-refractivity contribution in [2.75, 3.05) is 26.2 Å². The molecule has 0 atom stereocenters. The van der Waals surface area contributed by atoms with Crippen LogP contribution in [0.25, 0.3) is 0 Å². The van der Waals surface area contributed by atoms with Crippen LogP contribution in [0.2, 0.25) is 5.02 Å². The molecule has 2 aromatic carbocycles. The SMILES string of the molecule is CCOc1ccccc1CCCNC(=O)c1cc(S(=O)(=O)N2CCC(C)CC2)ccc1Cl. The number of sulfonamides is 1. The average Bonchev–Trinajstić information content (AvgIpc) is 2.78. The number of hydrogen-bond acceptors (Lipinski definition) is 4. The Bertz CT molecular complexity index is 1030. The standard InChI is InChI=1S/C24H31ClN2O4S/c1-3-31-23-9-5-4-7-19(23)8-6-14-26-24(28)21-17-20(10-11-22(21)25)32(29,30)27-15-12-18(2)13-16-27/h4-5,7,9-11,17-18H,3,6,8,12-16H2,1-2H3,(H,26,28). The van der Waals surface area contributed by atoms with Gasteiger partial charge in [-0.25, -0.2) is 8.42 Å². The van der Waals surface area contributed by atoms with Crippen LogP contribution in [0, 0.1) is 5.92 Å². The van der Waals surface area contributed by atoms with Crippen molar-refractivity contribution in [3.63, 3.8) is 0 Å². The van der Waals surface area contributed by atoms with Crippen LogP contribution in [-0.4, -0.2) is 44.9 Å². The van der Waals surface area contributed by atoms with Gasteiger partial charge in [0.15, 0.2) is 0 Å². The Kier molecular flexibility index (Phi) is 8.57. The van der Waals surface area contributed by atoms with Gasteiger partial charge in [-0.2, -0.15) is 4.31 Å². The van der Waals surface area contributed by atoms with Crippen LogP contribution in [0.5, 0.6) is 5.75 Å². The van der Waals surface area contributed by atoms with Crippen molar-refractivity contribution in [1.82, 2.24) is 9.62 Å². The van der Waals surface area contributed by atoms with Crippen LogP contribution in [0.4, 0.5) is 0 Å². The number of carbonyl (C=O) groups is 1. The third kappa shape index (κ3) is 6.03. The highest BCUT2D eigenvalue weighted by molar-refractivity contribution is 7.89. The number of halogens is 1. The zero-order valence-corrected chi connectivity index (χ0v) is 20.2. The van der Waals surface area contributed by atoms with E-state index in [4.69, 9.17) is 16.3 Å². The second kappa shape index (κ2) is 11.2. The molecule has 1 aliphatic heterocycles. The van der Waals surface area contributed by atoms with Crippen molar-refractivity contribution in [3.05, 3.63) is 58.6 Å². The number of hydrogen-bond donors (Lipinski definition) is 1. The van der Waals surface area contributed by atoms with Crippen LogP contribution in [-0.2, 0) is 16.4 Å². The molecular formula is C24H31ClN2O4S. The molecule has 8 heteroatoms. The fourth-order valence-corrected chi connectivity index (χ4v) is 5.50. The topological polar surface area (TPSA) is 75.7 Å². The highest BCUT2D eigenvalue weighted by atomic mass is 35.5. The number of nitrogens with one attached hydrogen (secondary N) is 1. The van der Waals surface area contributed by atoms with Gasteiger partial charge in [0.05, 0.1) is 22.1 Å². The van der Waals surface area contributed by atoms with Crippen molar-refractivity contribution in [3.8, 4) is 5.75 Å². The number of rotatable bonds is 9. The van der Waals surface area contributed by atoms with Gasteiger partial charge in [0.25, 0.3) is 5.91 Å². The van der Waals surface area contributed by atoms with Crippen LogP contribution in [0.3, 0.4) is 0 Å². The van der Waals surface area contributed by atoms with Crippen molar-refractivity contribution >= 4 is 27.5 Å². The highest BCUT2D eigenvalue weighted by Crippen LogP contribution is 2.26. The number of benzene rings is 2. The van der Waals surface area contributed by atoms with Gasteiger partial charge in [0.1, 0.15) is 5.75 Å². The molecule has 1 fully saturated rings. The lowest BCUT2D eigenvalue weighted by Gasteiger charge is -2.29. The Balaban J connectivity index is 1.62. The maximum atomic E-state index is 13.0. The van der Waals surface area contributed by atoms with Gasteiger partial charge < -0.3 is 10.1 Å². The summed E-state index contributed by atoms with van der Waals surface area (Å²) in [7, 11) is -3.65. The molecule has 2 aromatic rings. The van der Waals surface area contributed by atoms with E-state index in [0.717, 1.165) is 37.0 Å². The molecule has 3 rings (SSSR count). The van der Waals surface area contributed by atoms with Gasteiger partial charge in [0, 0.05) is 19.6 Å². The number of ether oxygens (including phenoxy) is 1. The monoisotopic (exact) mass is 478 g/mol. The van der Waals surface area contributed by atoms with Crippen molar-refractivity contribution < 1.29 is 17.9 Å². The summed E-state index contributed by atoms with van der Waals surface area (Å²) in [5, 5.41) is 3.08. The smallest absolute Gasteiger partial charge is 0.252 e.